The number of halogens is 1. The van der Waals surface area contributed by atoms with Crippen molar-refractivity contribution in [3.63, 3.8) is 0 Å². The summed E-state index contributed by atoms with van der Waals surface area (Å²) in [5.41, 5.74) is 8.21. The molecule has 0 aliphatic rings. The Bertz CT molecular complexity index is 724. The SMILES string of the molecule is CCC(=NNC(=S)Nc1ccc(C)cc1C)c1ccc(Cl)cc1. The number of nitrogens with zero attached hydrogens (tertiary/aromatic N) is 1. The minimum Gasteiger partial charge on any atom is -0.331 e. The van der Waals surface area contributed by atoms with Crippen LogP contribution >= 0.6 is 23.8 Å². The lowest BCUT2D eigenvalue weighted by molar-refractivity contribution is 1.02. The molecule has 3 nitrogen and oxygen atoms in total. The van der Waals surface area contributed by atoms with E-state index in [4.69, 9.17) is 23.8 Å². The molecular weight excluding hydrogens is 326 g/mol. The van der Waals surface area contributed by atoms with Crippen LogP contribution in [0.15, 0.2) is 47.6 Å². The van der Waals surface area contributed by atoms with Crippen molar-refractivity contribution in [1.82, 2.24) is 5.43 Å². The molecule has 0 fully saturated rings. The minimum absolute atomic E-state index is 0.469. The van der Waals surface area contributed by atoms with E-state index in [0.29, 0.717) is 10.1 Å². The summed E-state index contributed by atoms with van der Waals surface area (Å²) < 4.78 is 0. The Morgan fingerprint density at radius 2 is 1.83 bits per heavy atom. The fraction of sp³-hybridized carbons (Fsp3) is 0.222. The second-order valence-corrected chi connectivity index (χ2v) is 6.15. The van der Waals surface area contributed by atoms with Crippen molar-refractivity contribution in [2.45, 2.75) is 27.2 Å². The second-order valence-electron chi connectivity index (χ2n) is 5.30. The zero-order valence-corrected chi connectivity index (χ0v) is 15.1. The lowest BCUT2D eigenvalue weighted by Gasteiger charge is -2.11. The summed E-state index contributed by atoms with van der Waals surface area (Å²) in [6, 6.07) is 13.8. The fourth-order valence-electron chi connectivity index (χ4n) is 2.21. The third-order valence-corrected chi connectivity index (χ3v) is 3.88. The van der Waals surface area contributed by atoms with Crippen molar-refractivity contribution in [3.05, 3.63) is 64.2 Å². The van der Waals surface area contributed by atoms with Gasteiger partial charge in [0.2, 0.25) is 0 Å². The highest BCUT2D eigenvalue weighted by Gasteiger charge is 2.04. The van der Waals surface area contributed by atoms with Gasteiger partial charge in [-0.1, -0.05) is 48.4 Å². The molecule has 0 saturated carbocycles. The summed E-state index contributed by atoms with van der Waals surface area (Å²) in [4.78, 5) is 0. The minimum atomic E-state index is 0.469. The highest BCUT2D eigenvalue weighted by Crippen LogP contribution is 2.16. The molecule has 0 heterocycles. The molecule has 0 unspecified atom stereocenters. The molecular formula is C18H20ClN3S. The maximum Gasteiger partial charge on any atom is 0.191 e. The van der Waals surface area contributed by atoms with E-state index in [1.54, 1.807) is 0 Å². The zero-order chi connectivity index (χ0) is 16.8. The first kappa shape index (κ1) is 17.4. The van der Waals surface area contributed by atoms with E-state index in [2.05, 4.69) is 35.8 Å². The molecule has 0 spiro atoms. The molecule has 120 valence electrons. The van der Waals surface area contributed by atoms with Gasteiger partial charge in [0.25, 0.3) is 0 Å². The molecule has 2 rings (SSSR count). The molecule has 0 radical (unpaired) electrons. The quantitative estimate of drug-likeness (QED) is 0.462. The van der Waals surface area contributed by atoms with Crippen LogP contribution in [0.2, 0.25) is 5.02 Å². The first-order chi connectivity index (χ1) is 11.0. The van der Waals surface area contributed by atoms with Crippen LogP contribution in [0.1, 0.15) is 30.0 Å². The van der Waals surface area contributed by atoms with Crippen molar-refractivity contribution in [2.24, 2.45) is 5.10 Å². The van der Waals surface area contributed by atoms with Crippen molar-refractivity contribution < 1.29 is 0 Å². The predicted molar refractivity (Wildman–Crippen MR) is 104 cm³/mol. The van der Waals surface area contributed by atoms with E-state index < -0.39 is 0 Å². The number of hydrogen-bond donors (Lipinski definition) is 2. The molecule has 5 heteroatoms. The van der Waals surface area contributed by atoms with Gasteiger partial charge >= 0.3 is 0 Å². The number of hydrogen-bond acceptors (Lipinski definition) is 2. The Kier molecular flexibility index (Phi) is 6.13. The Balaban J connectivity index is 2.05. The standard InChI is InChI=1S/C18H20ClN3S/c1-4-16(14-6-8-15(19)9-7-14)21-22-18(23)20-17-10-5-12(2)11-13(17)3/h5-11H,4H2,1-3H3,(H2,20,22,23). The first-order valence-corrected chi connectivity index (χ1v) is 8.25. The van der Waals surface area contributed by atoms with Crippen molar-refractivity contribution in [2.75, 3.05) is 5.32 Å². The van der Waals surface area contributed by atoms with Gasteiger partial charge in [-0.15, -0.1) is 0 Å². The number of benzene rings is 2. The normalized spacial score (nSPS) is 11.2. The van der Waals surface area contributed by atoms with Crippen LogP contribution in [0, 0.1) is 13.8 Å². The van der Waals surface area contributed by atoms with Gasteiger partial charge < -0.3 is 5.32 Å². The van der Waals surface area contributed by atoms with Crippen LogP contribution in [0.5, 0.6) is 0 Å². The topological polar surface area (TPSA) is 36.4 Å². The molecule has 0 amide bonds. The molecule has 0 aliphatic heterocycles. The van der Waals surface area contributed by atoms with E-state index in [9.17, 15) is 0 Å². The van der Waals surface area contributed by atoms with Crippen molar-refractivity contribution >= 4 is 40.3 Å². The summed E-state index contributed by atoms with van der Waals surface area (Å²) in [5.74, 6) is 0. The maximum atomic E-state index is 5.92. The number of anilines is 1. The Morgan fingerprint density at radius 3 is 2.43 bits per heavy atom. The maximum absolute atomic E-state index is 5.92. The fourth-order valence-corrected chi connectivity index (χ4v) is 2.49. The van der Waals surface area contributed by atoms with Gasteiger partial charge in [0.05, 0.1) is 5.71 Å². The first-order valence-electron chi connectivity index (χ1n) is 7.46. The largest absolute Gasteiger partial charge is 0.331 e. The van der Waals surface area contributed by atoms with Crippen LogP contribution in [-0.2, 0) is 0 Å². The molecule has 0 aromatic heterocycles. The van der Waals surface area contributed by atoms with Crippen LogP contribution in [0.3, 0.4) is 0 Å². The number of thiocarbonyl (C=S) groups is 1. The molecule has 2 aromatic rings. The van der Waals surface area contributed by atoms with Gasteiger partial charge in [0.1, 0.15) is 0 Å². The Morgan fingerprint density at radius 1 is 1.13 bits per heavy atom. The van der Waals surface area contributed by atoms with E-state index in [1.807, 2.05) is 43.3 Å². The van der Waals surface area contributed by atoms with Gasteiger partial charge in [-0.05, 0) is 61.8 Å². The Labute approximate surface area is 147 Å². The van der Waals surface area contributed by atoms with Crippen LogP contribution in [0.4, 0.5) is 5.69 Å². The molecule has 23 heavy (non-hydrogen) atoms. The monoisotopic (exact) mass is 345 g/mol. The summed E-state index contributed by atoms with van der Waals surface area (Å²) in [7, 11) is 0. The summed E-state index contributed by atoms with van der Waals surface area (Å²) in [5, 5.41) is 8.76. The molecule has 0 saturated heterocycles. The van der Waals surface area contributed by atoms with E-state index in [-0.39, 0.29) is 0 Å². The summed E-state index contributed by atoms with van der Waals surface area (Å²) in [6.07, 6.45) is 0.792. The molecule has 0 bridgehead atoms. The highest BCUT2D eigenvalue weighted by molar-refractivity contribution is 7.80. The molecule has 0 atom stereocenters. The van der Waals surface area contributed by atoms with Gasteiger partial charge in [0.15, 0.2) is 5.11 Å². The summed E-state index contributed by atoms with van der Waals surface area (Å²) >= 11 is 11.2. The number of aryl methyl sites for hydroxylation is 2. The van der Waals surface area contributed by atoms with E-state index in [0.717, 1.165) is 28.9 Å². The van der Waals surface area contributed by atoms with E-state index >= 15 is 0 Å². The van der Waals surface area contributed by atoms with Crippen molar-refractivity contribution in [1.29, 1.82) is 0 Å². The lowest BCUT2D eigenvalue weighted by atomic mass is 10.1. The Hall–Kier alpha value is -1.91. The average Bonchev–Trinajstić information content (AvgIpc) is 2.52. The zero-order valence-electron chi connectivity index (χ0n) is 13.5. The molecule has 2 N–H and O–H groups in total. The number of nitrogens with one attached hydrogen (secondary N) is 2. The van der Waals surface area contributed by atoms with Gasteiger partial charge in [-0.25, -0.2) is 0 Å². The smallest absolute Gasteiger partial charge is 0.191 e. The summed E-state index contributed by atoms with van der Waals surface area (Å²) in [6.45, 7) is 6.17. The molecule has 0 aliphatic carbocycles. The highest BCUT2D eigenvalue weighted by atomic mass is 35.5. The van der Waals surface area contributed by atoms with Gasteiger partial charge in [-0.2, -0.15) is 5.10 Å². The third kappa shape index (κ3) is 5.05. The van der Waals surface area contributed by atoms with Gasteiger partial charge in [0, 0.05) is 10.7 Å². The van der Waals surface area contributed by atoms with Crippen molar-refractivity contribution in [3.8, 4) is 0 Å². The van der Waals surface area contributed by atoms with E-state index in [1.165, 1.54) is 5.56 Å². The van der Waals surface area contributed by atoms with Crippen LogP contribution in [-0.4, -0.2) is 10.8 Å². The molecule has 2 aromatic carbocycles. The van der Waals surface area contributed by atoms with Crippen LogP contribution < -0.4 is 10.7 Å². The lowest BCUT2D eigenvalue weighted by Crippen LogP contribution is -2.25. The number of rotatable bonds is 4. The van der Waals surface area contributed by atoms with Gasteiger partial charge in [-0.3, -0.25) is 5.43 Å². The number of hydrazone groups is 1. The second kappa shape index (κ2) is 8.09. The third-order valence-electron chi connectivity index (χ3n) is 3.43. The average molecular weight is 346 g/mol. The van der Waals surface area contributed by atoms with Crippen LogP contribution in [0.25, 0.3) is 0 Å². The predicted octanol–water partition coefficient (Wildman–Crippen LogP) is 5.06.